The van der Waals surface area contributed by atoms with Gasteiger partial charge in [-0.1, -0.05) is 33.2 Å². The van der Waals surface area contributed by atoms with E-state index in [1.165, 1.54) is 25.7 Å². The van der Waals surface area contributed by atoms with Crippen LogP contribution in [0.5, 0.6) is 0 Å². The molecule has 10 heavy (non-hydrogen) atoms. The molecule has 0 N–H and O–H groups in total. The second kappa shape index (κ2) is 2.43. The smallest absolute Gasteiger partial charge is 0.00741 e. The highest BCUT2D eigenvalue weighted by Gasteiger charge is 2.37. The van der Waals surface area contributed by atoms with Crippen LogP contribution >= 0.6 is 20.7 Å². The first-order valence-corrected chi connectivity index (χ1v) is 6.39. The summed E-state index contributed by atoms with van der Waals surface area (Å²) < 4.78 is 5.00. The van der Waals surface area contributed by atoms with Crippen LogP contribution in [0.15, 0.2) is 9.66 Å². The number of rotatable bonds is 2. The summed E-state index contributed by atoms with van der Waals surface area (Å²) >= 11 is 0.388. The largest absolute Gasteiger partial charge is 0.0979 e. The summed E-state index contributed by atoms with van der Waals surface area (Å²) in [6, 6.07) is 0. The van der Waals surface area contributed by atoms with E-state index in [9.17, 15) is 0 Å². The van der Waals surface area contributed by atoms with Gasteiger partial charge in [-0.05, 0) is 39.2 Å². The predicted octanol–water partition coefficient (Wildman–Crippen LogP) is 3.24. The van der Waals surface area contributed by atoms with Gasteiger partial charge in [-0.3, -0.25) is 0 Å². The van der Waals surface area contributed by atoms with E-state index < -0.39 is 0 Å². The number of hydrogen-bond donors (Lipinski definition) is 0. The molecule has 2 aliphatic rings. The van der Waals surface area contributed by atoms with Crippen LogP contribution in [-0.4, -0.2) is 4.01 Å². The molecule has 1 aliphatic heterocycles. The number of hydrogen-bond acceptors (Lipinski definition) is 0. The van der Waals surface area contributed by atoms with Gasteiger partial charge in [-0.2, -0.15) is 0 Å². The van der Waals surface area contributed by atoms with Gasteiger partial charge in [0.25, 0.3) is 0 Å². The minimum atomic E-state index is 0.388. The Morgan fingerprint density at radius 2 is 2.40 bits per heavy atom. The van der Waals surface area contributed by atoms with Crippen molar-refractivity contribution in [3.63, 3.8) is 0 Å². The summed E-state index contributed by atoms with van der Waals surface area (Å²) in [7, 11) is 0. The molecular formula is C9H13I. The molecule has 0 aromatic heterocycles. The molecule has 0 aromatic carbocycles. The van der Waals surface area contributed by atoms with Gasteiger partial charge in [0.05, 0.1) is 0 Å². The van der Waals surface area contributed by atoms with Crippen LogP contribution in [0.25, 0.3) is 0 Å². The molecule has 0 unspecified atom stereocenters. The molecule has 1 fully saturated rings. The Morgan fingerprint density at radius 3 is 2.90 bits per heavy atom. The Hall–Kier alpha value is 0.340. The average molecular weight is 248 g/mol. The van der Waals surface area contributed by atoms with Gasteiger partial charge in [0, 0.05) is 0 Å². The summed E-state index contributed by atoms with van der Waals surface area (Å²) in [6.07, 6.45) is 5.68. The van der Waals surface area contributed by atoms with Gasteiger partial charge in [-0.15, -0.1) is 0 Å². The van der Waals surface area contributed by atoms with Crippen molar-refractivity contribution in [1.29, 1.82) is 0 Å². The maximum atomic E-state index is 2.52. The zero-order valence-electron chi connectivity index (χ0n) is 6.36. The van der Waals surface area contributed by atoms with Crippen molar-refractivity contribution < 1.29 is 0 Å². The van der Waals surface area contributed by atoms with Crippen LogP contribution in [0.4, 0.5) is 0 Å². The third-order valence-electron chi connectivity index (χ3n) is 2.40. The third-order valence-corrected chi connectivity index (χ3v) is 4.59. The fraction of sp³-hybridized carbons (Fsp3) is 0.667. The molecule has 1 saturated carbocycles. The Bertz CT molecular complexity index is 197. The fourth-order valence-electron chi connectivity index (χ4n) is 1.37. The van der Waals surface area contributed by atoms with Gasteiger partial charge in [0.15, 0.2) is 0 Å². The minimum absolute atomic E-state index is 0.388. The quantitative estimate of drug-likeness (QED) is 0.658. The molecule has 0 amide bonds. The molecule has 2 rings (SSSR count). The zero-order valence-corrected chi connectivity index (χ0v) is 8.52. The lowest BCUT2D eigenvalue weighted by molar-refractivity contribution is 0.565. The molecule has 0 saturated heterocycles. The molecule has 1 heteroatoms. The summed E-state index contributed by atoms with van der Waals surface area (Å²) in [5, 5.41) is 0. The van der Waals surface area contributed by atoms with E-state index in [0.29, 0.717) is 20.7 Å². The summed E-state index contributed by atoms with van der Waals surface area (Å²) in [5.41, 5.74) is 2.49. The highest BCUT2D eigenvalue weighted by molar-refractivity contribution is 14.2. The molecule has 0 spiro atoms. The Kier molecular flexibility index (Phi) is 1.71. The van der Waals surface area contributed by atoms with Gasteiger partial charge < -0.3 is 0 Å². The first-order valence-electron chi connectivity index (χ1n) is 3.90. The van der Waals surface area contributed by atoms with E-state index in [1.807, 2.05) is 0 Å². The van der Waals surface area contributed by atoms with Gasteiger partial charge in [0.2, 0.25) is 0 Å². The predicted molar refractivity (Wildman–Crippen MR) is 54.7 cm³/mol. The SMILES string of the molecule is CC1(CC2=CI=CC2)CC1. The highest BCUT2D eigenvalue weighted by atomic mass is 127. The maximum Gasteiger partial charge on any atom is -0.00741 e. The molecule has 56 valence electrons. The van der Waals surface area contributed by atoms with Crippen molar-refractivity contribution in [3.05, 3.63) is 9.66 Å². The normalized spacial score (nSPS) is 27.5. The van der Waals surface area contributed by atoms with E-state index in [4.69, 9.17) is 0 Å². The van der Waals surface area contributed by atoms with Gasteiger partial charge in [0.1, 0.15) is 0 Å². The molecule has 1 heterocycles. The van der Waals surface area contributed by atoms with Crippen LogP contribution in [0.1, 0.15) is 32.6 Å². The standard InChI is InChI=1S/C9H13I/c1-9(3-4-9)6-8-2-5-10-7-8/h5,7H,2-4,6H2,1H3. The van der Waals surface area contributed by atoms with E-state index in [0.717, 1.165) is 5.41 Å². The Labute approximate surface area is 72.5 Å². The Balaban J connectivity index is 1.91. The van der Waals surface area contributed by atoms with Crippen molar-refractivity contribution in [2.24, 2.45) is 5.41 Å². The molecule has 0 radical (unpaired) electrons. The molecular weight excluding hydrogens is 235 g/mol. The van der Waals surface area contributed by atoms with Crippen LogP contribution < -0.4 is 0 Å². The number of allylic oxidation sites excluding steroid dienone is 1. The van der Waals surface area contributed by atoms with Gasteiger partial charge >= 0.3 is 0 Å². The van der Waals surface area contributed by atoms with E-state index in [2.05, 4.69) is 15.0 Å². The first-order chi connectivity index (χ1) is 4.79. The van der Waals surface area contributed by atoms with Crippen molar-refractivity contribution in [3.8, 4) is 0 Å². The van der Waals surface area contributed by atoms with Crippen molar-refractivity contribution in [1.82, 2.24) is 0 Å². The van der Waals surface area contributed by atoms with Crippen molar-refractivity contribution >= 4 is 24.7 Å². The summed E-state index contributed by atoms with van der Waals surface area (Å²) in [5.74, 6) is 0. The molecule has 0 bridgehead atoms. The van der Waals surface area contributed by atoms with Crippen LogP contribution in [-0.2, 0) is 0 Å². The average Bonchev–Trinajstić information content (AvgIpc) is 2.47. The van der Waals surface area contributed by atoms with Crippen molar-refractivity contribution in [2.75, 3.05) is 0 Å². The second-order valence-corrected chi connectivity index (χ2v) is 5.96. The van der Waals surface area contributed by atoms with Gasteiger partial charge in [-0.25, -0.2) is 0 Å². The Morgan fingerprint density at radius 1 is 1.60 bits per heavy atom. The van der Waals surface area contributed by atoms with E-state index in [-0.39, 0.29) is 0 Å². The van der Waals surface area contributed by atoms with Crippen LogP contribution in [0.3, 0.4) is 0 Å². The second-order valence-electron chi connectivity index (χ2n) is 3.74. The summed E-state index contributed by atoms with van der Waals surface area (Å²) in [4.78, 5) is 0. The molecule has 0 aromatic rings. The lowest BCUT2D eigenvalue weighted by Crippen LogP contribution is -1.94. The van der Waals surface area contributed by atoms with Crippen LogP contribution in [0.2, 0.25) is 0 Å². The van der Waals surface area contributed by atoms with E-state index >= 15 is 0 Å². The molecule has 0 atom stereocenters. The fourth-order valence-corrected chi connectivity index (χ4v) is 3.43. The monoisotopic (exact) mass is 248 g/mol. The first kappa shape index (κ1) is 7.01. The highest BCUT2D eigenvalue weighted by Crippen LogP contribution is 2.50. The molecule has 0 nitrogen and oxygen atoms in total. The zero-order chi connectivity index (χ0) is 7.03. The molecule has 1 aliphatic carbocycles. The summed E-state index contributed by atoms with van der Waals surface area (Å²) in [6.45, 7) is 2.42. The van der Waals surface area contributed by atoms with E-state index in [1.54, 1.807) is 5.57 Å². The minimum Gasteiger partial charge on any atom is -0.0979 e. The van der Waals surface area contributed by atoms with Crippen LogP contribution in [0, 0.1) is 5.41 Å². The topological polar surface area (TPSA) is 0 Å². The maximum absolute atomic E-state index is 2.52. The number of halogens is 1. The lowest BCUT2D eigenvalue weighted by Gasteiger charge is -2.07. The third kappa shape index (κ3) is 1.49. The lowest BCUT2D eigenvalue weighted by atomic mass is 9.98. The van der Waals surface area contributed by atoms with Crippen molar-refractivity contribution in [2.45, 2.75) is 32.6 Å².